The molecule has 0 atom stereocenters. The van der Waals surface area contributed by atoms with Crippen molar-refractivity contribution in [3.8, 4) is 0 Å². The minimum absolute atomic E-state index is 0.207. The quantitative estimate of drug-likeness (QED) is 0.482. The van der Waals surface area contributed by atoms with Crippen molar-refractivity contribution in [1.29, 1.82) is 0 Å². The van der Waals surface area contributed by atoms with Gasteiger partial charge in [-0.25, -0.2) is 9.37 Å². The first-order valence-electron chi connectivity index (χ1n) is 7.46. The van der Waals surface area contributed by atoms with Gasteiger partial charge in [0.1, 0.15) is 11.6 Å². The number of aromatic nitrogens is 2. The van der Waals surface area contributed by atoms with Crippen LogP contribution in [0.3, 0.4) is 0 Å². The Bertz CT molecular complexity index is 571. The summed E-state index contributed by atoms with van der Waals surface area (Å²) in [5.74, 6) is 2.53. The smallest absolute Gasteiger partial charge is 0.125 e. The zero-order valence-electron chi connectivity index (χ0n) is 12.4. The Labute approximate surface area is 135 Å². The fraction of sp³-hybridized carbons (Fsp3) is 0.562. The summed E-state index contributed by atoms with van der Waals surface area (Å²) in [7, 11) is 0. The van der Waals surface area contributed by atoms with Crippen molar-refractivity contribution in [2.24, 2.45) is 0 Å². The number of imidazole rings is 1. The first-order chi connectivity index (χ1) is 10.3. The zero-order chi connectivity index (χ0) is 15.1. The molecule has 2 rings (SSSR count). The zero-order valence-corrected chi connectivity index (χ0v) is 14.0. The summed E-state index contributed by atoms with van der Waals surface area (Å²) in [5, 5.41) is 0. The second kappa shape index (κ2) is 8.64. The van der Waals surface area contributed by atoms with Gasteiger partial charge >= 0.3 is 0 Å². The third-order valence-corrected chi connectivity index (χ3v) is 4.47. The Morgan fingerprint density at radius 3 is 2.81 bits per heavy atom. The number of unbranched alkanes of at least 4 members (excludes halogenated alkanes) is 3. The molecular weight excluding hydrogens is 307 g/mol. The van der Waals surface area contributed by atoms with Crippen LogP contribution in [0, 0.1) is 5.82 Å². The number of thioether (sulfide) groups is 1. The average Bonchev–Trinajstić information content (AvgIpc) is 2.80. The highest BCUT2D eigenvalue weighted by molar-refractivity contribution is 7.98. The van der Waals surface area contributed by atoms with E-state index in [1.165, 1.54) is 31.1 Å². The number of aryl methyl sites for hydroxylation is 2. The summed E-state index contributed by atoms with van der Waals surface area (Å²) in [6.07, 6.45) is 7.71. The molecule has 116 valence electrons. The lowest BCUT2D eigenvalue weighted by atomic mass is 10.2. The van der Waals surface area contributed by atoms with Gasteiger partial charge in [-0.15, -0.1) is 11.6 Å². The molecule has 5 heteroatoms. The number of alkyl halides is 1. The van der Waals surface area contributed by atoms with Crippen LogP contribution >= 0.6 is 23.4 Å². The van der Waals surface area contributed by atoms with Crippen LogP contribution in [0.4, 0.5) is 4.39 Å². The van der Waals surface area contributed by atoms with E-state index in [9.17, 15) is 4.39 Å². The number of fused-ring (bicyclic) bond motifs is 1. The summed E-state index contributed by atoms with van der Waals surface area (Å²) < 4.78 is 15.6. The van der Waals surface area contributed by atoms with E-state index < -0.39 is 0 Å². The highest BCUT2D eigenvalue weighted by Crippen LogP contribution is 2.19. The molecule has 2 nitrogen and oxygen atoms in total. The molecule has 0 aliphatic carbocycles. The lowest BCUT2D eigenvalue weighted by molar-refractivity contribution is 0.576. The molecular formula is C16H22ClFN2S. The van der Waals surface area contributed by atoms with Crippen molar-refractivity contribution < 1.29 is 4.39 Å². The third-order valence-electron chi connectivity index (χ3n) is 3.59. The van der Waals surface area contributed by atoms with Crippen molar-refractivity contribution in [3.05, 3.63) is 29.8 Å². The summed E-state index contributed by atoms with van der Waals surface area (Å²) in [6, 6.07) is 4.79. The summed E-state index contributed by atoms with van der Waals surface area (Å²) >= 11 is 7.75. The van der Waals surface area contributed by atoms with Gasteiger partial charge in [-0.05, 0) is 43.0 Å². The van der Waals surface area contributed by atoms with Gasteiger partial charge in [-0.1, -0.05) is 12.8 Å². The van der Waals surface area contributed by atoms with Crippen LogP contribution in [0.2, 0.25) is 0 Å². The Morgan fingerprint density at radius 1 is 1.24 bits per heavy atom. The van der Waals surface area contributed by atoms with Gasteiger partial charge in [-0.3, -0.25) is 0 Å². The van der Waals surface area contributed by atoms with Gasteiger partial charge < -0.3 is 4.57 Å². The average molecular weight is 329 g/mol. The topological polar surface area (TPSA) is 17.8 Å². The predicted molar refractivity (Wildman–Crippen MR) is 91.0 cm³/mol. The molecule has 0 aliphatic heterocycles. The van der Waals surface area contributed by atoms with Crippen LogP contribution < -0.4 is 0 Å². The predicted octanol–water partition coefficient (Wildman–Crippen LogP) is 4.88. The molecule has 0 unspecified atom stereocenters. The molecule has 0 radical (unpaired) electrons. The number of hydrogen-bond acceptors (Lipinski definition) is 2. The SMILES string of the molecule is CSCCCCCCn1c(CCCl)nc2ccc(F)cc21. The molecule has 0 spiro atoms. The summed E-state index contributed by atoms with van der Waals surface area (Å²) in [5.41, 5.74) is 1.75. The second-order valence-electron chi connectivity index (χ2n) is 5.16. The van der Waals surface area contributed by atoms with E-state index in [1.807, 2.05) is 11.8 Å². The van der Waals surface area contributed by atoms with Crippen molar-refractivity contribution in [2.75, 3.05) is 17.9 Å². The Morgan fingerprint density at radius 2 is 2.05 bits per heavy atom. The van der Waals surface area contributed by atoms with Crippen molar-refractivity contribution >= 4 is 34.4 Å². The van der Waals surface area contributed by atoms with E-state index in [0.29, 0.717) is 5.88 Å². The standard InChI is InChI=1S/C16H22ClFN2S/c1-21-11-5-3-2-4-10-20-15-12-13(18)6-7-14(15)19-16(20)8-9-17/h6-7,12H,2-5,8-11H2,1H3. The van der Waals surface area contributed by atoms with E-state index in [4.69, 9.17) is 11.6 Å². The van der Waals surface area contributed by atoms with E-state index in [1.54, 1.807) is 12.1 Å². The lowest BCUT2D eigenvalue weighted by Gasteiger charge is -2.08. The highest BCUT2D eigenvalue weighted by Gasteiger charge is 2.10. The van der Waals surface area contributed by atoms with Gasteiger partial charge in [0.2, 0.25) is 0 Å². The Kier molecular flexibility index (Phi) is 6.84. The molecule has 1 heterocycles. The molecule has 0 saturated heterocycles. The van der Waals surface area contributed by atoms with Crippen LogP contribution in [-0.4, -0.2) is 27.4 Å². The maximum atomic E-state index is 13.5. The van der Waals surface area contributed by atoms with Crippen molar-refractivity contribution in [1.82, 2.24) is 9.55 Å². The molecule has 1 aromatic carbocycles. The molecule has 21 heavy (non-hydrogen) atoms. The van der Waals surface area contributed by atoms with Crippen molar-refractivity contribution in [3.63, 3.8) is 0 Å². The largest absolute Gasteiger partial charge is 0.328 e. The van der Waals surface area contributed by atoms with E-state index in [2.05, 4.69) is 15.8 Å². The molecule has 0 aliphatic rings. The number of halogens is 2. The molecule has 1 aromatic heterocycles. The number of nitrogens with zero attached hydrogens (tertiary/aromatic N) is 2. The number of benzene rings is 1. The Hall–Kier alpha value is -0.740. The van der Waals surface area contributed by atoms with Gasteiger partial charge in [0.05, 0.1) is 11.0 Å². The molecule has 0 fully saturated rings. The van der Waals surface area contributed by atoms with Gasteiger partial charge in [0.25, 0.3) is 0 Å². The van der Waals surface area contributed by atoms with Gasteiger partial charge in [-0.2, -0.15) is 11.8 Å². The summed E-state index contributed by atoms with van der Waals surface area (Å²) in [4.78, 5) is 4.58. The van der Waals surface area contributed by atoms with Crippen LogP contribution in [0.1, 0.15) is 31.5 Å². The molecule has 0 bridgehead atoms. The molecule has 0 amide bonds. The number of hydrogen-bond donors (Lipinski definition) is 0. The first kappa shape index (κ1) is 16.6. The van der Waals surface area contributed by atoms with Crippen molar-refractivity contribution in [2.45, 2.75) is 38.6 Å². The van der Waals surface area contributed by atoms with E-state index in [0.717, 1.165) is 36.2 Å². The van der Waals surface area contributed by atoms with E-state index >= 15 is 0 Å². The lowest BCUT2D eigenvalue weighted by Crippen LogP contribution is -2.05. The first-order valence-corrected chi connectivity index (χ1v) is 9.38. The maximum Gasteiger partial charge on any atom is 0.125 e. The normalized spacial score (nSPS) is 11.4. The van der Waals surface area contributed by atoms with Gasteiger partial charge in [0.15, 0.2) is 0 Å². The number of rotatable bonds is 9. The monoisotopic (exact) mass is 328 g/mol. The minimum atomic E-state index is -0.207. The molecule has 0 saturated carbocycles. The highest BCUT2D eigenvalue weighted by atomic mass is 35.5. The minimum Gasteiger partial charge on any atom is -0.328 e. The van der Waals surface area contributed by atoms with Gasteiger partial charge in [0, 0.05) is 18.8 Å². The fourth-order valence-electron chi connectivity index (χ4n) is 2.54. The maximum absolute atomic E-state index is 13.5. The Balaban J connectivity index is 2.05. The van der Waals surface area contributed by atoms with Crippen LogP contribution in [-0.2, 0) is 13.0 Å². The van der Waals surface area contributed by atoms with Crippen LogP contribution in [0.15, 0.2) is 18.2 Å². The molecule has 2 aromatic rings. The van der Waals surface area contributed by atoms with Crippen LogP contribution in [0.25, 0.3) is 11.0 Å². The fourth-order valence-corrected chi connectivity index (χ4v) is 3.20. The van der Waals surface area contributed by atoms with E-state index in [-0.39, 0.29) is 5.82 Å². The molecule has 0 N–H and O–H groups in total. The summed E-state index contributed by atoms with van der Waals surface area (Å²) in [6.45, 7) is 0.894. The second-order valence-corrected chi connectivity index (χ2v) is 6.52. The van der Waals surface area contributed by atoms with Crippen LogP contribution in [0.5, 0.6) is 0 Å². The third kappa shape index (κ3) is 4.62.